The lowest BCUT2D eigenvalue weighted by atomic mass is 10.2. The van der Waals surface area contributed by atoms with Crippen LogP contribution < -0.4 is 16.2 Å². The van der Waals surface area contributed by atoms with Crippen molar-refractivity contribution in [3.05, 3.63) is 33.1 Å². The molecule has 2 N–H and O–H groups in total. The average molecular weight is 394 g/mol. The topological polar surface area (TPSA) is 102 Å². The lowest BCUT2D eigenvalue weighted by molar-refractivity contribution is -0.138. The van der Waals surface area contributed by atoms with Crippen molar-refractivity contribution in [1.29, 1.82) is 0 Å². The van der Waals surface area contributed by atoms with E-state index in [4.69, 9.17) is 4.74 Å². The number of esters is 1. The summed E-state index contributed by atoms with van der Waals surface area (Å²) in [6.45, 7) is 4.45. The minimum atomic E-state index is -0.468. The van der Waals surface area contributed by atoms with E-state index in [9.17, 15) is 14.4 Å². The van der Waals surface area contributed by atoms with Gasteiger partial charge in [-0.3, -0.25) is 9.36 Å². The molecule has 0 bridgehead atoms. The summed E-state index contributed by atoms with van der Waals surface area (Å²) in [5, 5.41) is 7.60. The second-order valence-electron chi connectivity index (χ2n) is 5.35. The lowest BCUT2D eigenvalue weighted by Gasteiger charge is -2.21. The van der Waals surface area contributed by atoms with Gasteiger partial charge < -0.3 is 15.4 Å². The zero-order valence-corrected chi connectivity index (χ0v) is 16.0. The minimum Gasteiger partial charge on any atom is -0.463 e. The Hall–Kier alpha value is -2.33. The summed E-state index contributed by atoms with van der Waals surface area (Å²) in [6, 6.07) is 1.43. The largest absolute Gasteiger partial charge is 0.463 e. The zero-order chi connectivity index (χ0) is 18.7. The zero-order valence-electron chi connectivity index (χ0n) is 14.3. The highest BCUT2D eigenvalue weighted by Crippen LogP contribution is 2.23. The van der Waals surface area contributed by atoms with Crippen molar-refractivity contribution in [2.75, 3.05) is 18.9 Å². The number of carbonyl (C=O) groups excluding carboxylic acids is 2. The predicted molar refractivity (Wildman–Crippen MR) is 100 cm³/mol. The maximum atomic E-state index is 12.6. The minimum absolute atomic E-state index is 0.0797. The molecule has 0 saturated carbocycles. The van der Waals surface area contributed by atoms with E-state index in [1.54, 1.807) is 17.6 Å². The highest BCUT2D eigenvalue weighted by atomic mass is 32.2. The molecule has 8 nitrogen and oxygen atoms in total. The number of nitrogens with zero attached hydrogens (tertiary/aromatic N) is 2. The standard InChI is InChI=1S/C16H18N4O4S2/c1-3-20-13(21)12-10(5-6-25-12)19-16(20)26-8-11-9(14(22)24-4-2)7-17-15(23)18-11/h5-6H,3-4,7-8H2,1-2H3,(H2,17,18,23). The van der Waals surface area contributed by atoms with Crippen LogP contribution in [0.4, 0.5) is 4.79 Å². The average Bonchev–Trinajstić information content (AvgIpc) is 3.09. The molecule has 0 aliphatic carbocycles. The molecule has 2 aromatic rings. The van der Waals surface area contributed by atoms with Gasteiger partial charge in [0.1, 0.15) is 4.70 Å². The number of urea groups is 1. The number of carbonyl (C=O) groups is 2. The Morgan fingerprint density at radius 1 is 1.42 bits per heavy atom. The SMILES string of the molecule is CCOC(=O)C1=C(CSc2nc3ccsc3c(=O)n2CC)NC(=O)NC1. The summed E-state index contributed by atoms with van der Waals surface area (Å²) in [7, 11) is 0. The molecule has 0 saturated heterocycles. The van der Waals surface area contributed by atoms with Crippen molar-refractivity contribution < 1.29 is 14.3 Å². The fourth-order valence-electron chi connectivity index (χ4n) is 2.52. The number of rotatable bonds is 6. The molecular weight excluding hydrogens is 376 g/mol. The van der Waals surface area contributed by atoms with Gasteiger partial charge in [0.15, 0.2) is 5.16 Å². The molecule has 0 radical (unpaired) electrons. The van der Waals surface area contributed by atoms with Crippen molar-refractivity contribution in [3.8, 4) is 0 Å². The maximum absolute atomic E-state index is 12.6. The third kappa shape index (κ3) is 3.61. The first-order valence-electron chi connectivity index (χ1n) is 8.10. The summed E-state index contributed by atoms with van der Waals surface area (Å²) in [6.07, 6.45) is 0. The Morgan fingerprint density at radius 2 is 2.23 bits per heavy atom. The van der Waals surface area contributed by atoms with Crippen molar-refractivity contribution in [2.24, 2.45) is 0 Å². The Morgan fingerprint density at radius 3 is 2.96 bits per heavy atom. The maximum Gasteiger partial charge on any atom is 0.337 e. The van der Waals surface area contributed by atoms with Gasteiger partial charge in [0.25, 0.3) is 5.56 Å². The Labute approximate surface area is 157 Å². The number of thiophene rings is 1. The molecule has 0 fully saturated rings. The normalized spacial score (nSPS) is 14.3. The van der Waals surface area contributed by atoms with Gasteiger partial charge >= 0.3 is 12.0 Å². The molecule has 3 heterocycles. The van der Waals surface area contributed by atoms with Crippen molar-refractivity contribution in [3.63, 3.8) is 0 Å². The van der Waals surface area contributed by atoms with Crippen LogP contribution in [0.5, 0.6) is 0 Å². The smallest absolute Gasteiger partial charge is 0.337 e. The van der Waals surface area contributed by atoms with Gasteiger partial charge in [-0.1, -0.05) is 11.8 Å². The fraction of sp³-hybridized carbons (Fsp3) is 0.375. The number of amides is 2. The van der Waals surface area contributed by atoms with E-state index in [0.717, 1.165) is 0 Å². The van der Waals surface area contributed by atoms with E-state index in [1.165, 1.54) is 23.1 Å². The summed E-state index contributed by atoms with van der Waals surface area (Å²) >= 11 is 2.67. The van der Waals surface area contributed by atoms with Crippen LogP contribution in [0.1, 0.15) is 13.8 Å². The number of hydrogen-bond acceptors (Lipinski definition) is 7. The van der Waals surface area contributed by atoms with Gasteiger partial charge in [0.05, 0.1) is 24.2 Å². The van der Waals surface area contributed by atoms with E-state index >= 15 is 0 Å². The van der Waals surface area contributed by atoms with E-state index in [0.29, 0.717) is 38.9 Å². The van der Waals surface area contributed by atoms with E-state index in [-0.39, 0.29) is 24.7 Å². The summed E-state index contributed by atoms with van der Waals surface area (Å²) in [5.74, 6) is -0.173. The molecular formula is C16H18N4O4S2. The van der Waals surface area contributed by atoms with Gasteiger partial charge in [0, 0.05) is 18.0 Å². The molecule has 0 atom stereocenters. The Balaban J connectivity index is 1.91. The quantitative estimate of drug-likeness (QED) is 0.439. The summed E-state index contributed by atoms with van der Waals surface area (Å²) < 4.78 is 7.26. The molecule has 26 heavy (non-hydrogen) atoms. The van der Waals surface area contributed by atoms with Crippen molar-refractivity contribution >= 4 is 45.3 Å². The predicted octanol–water partition coefficient (Wildman–Crippen LogP) is 1.70. The fourth-order valence-corrected chi connectivity index (χ4v) is 4.35. The van der Waals surface area contributed by atoms with Crippen LogP contribution in [-0.2, 0) is 16.1 Å². The molecule has 10 heteroatoms. The lowest BCUT2D eigenvalue weighted by Crippen LogP contribution is -2.44. The molecule has 1 aliphatic heterocycles. The molecule has 2 aromatic heterocycles. The first-order valence-corrected chi connectivity index (χ1v) is 9.96. The van der Waals surface area contributed by atoms with Crippen LogP contribution in [0, 0.1) is 0 Å². The van der Waals surface area contributed by atoms with Crippen molar-refractivity contribution in [1.82, 2.24) is 20.2 Å². The van der Waals surface area contributed by atoms with Crippen LogP contribution >= 0.6 is 23.1 Å². The Bertz CT molecular complexity index is 947. The molecule has 0 spiro atoms. The van der Waals surface area contributed by atoms with Gasteiger partial charge in [-0.05, 0) is 25.3 Å². The molecule has 3 rings (SSSR count). The molecule has 138 valence electrons. The summed E-state index contributed by atoms with van der Waals surface area (Å²) in [5.41, 5.74) is 1.42. The number of thioether (sulfide) groups is 1. The van der Waals surface area contributed by atoms with Crippen molar-refractivity contribution in [2.45, 2.75) is 25.5 Å². The van der Waals surface area contributed by atoms with E-state index in [1.807, 2.05) is 12.3 Å². The monoisotopic (exact) mass is 394 g/mol. The third-order valence-electron chi connectivity index (χ3n) is 3.77. The van der Waals surface area contributed by atoms with Crippen LogP contribution in [0.2, 0.25) is 0 Å². The first-order chi connectivity index (χ1) is 12.5. The van der Waals surface area contributed by atoms with E-state index < -0.39 is 5.97 Å². The van der Waals surface area contributed by atoms with Crippen LogP contribution in [0.3, 0.4) is 0 Å². The van der Waals surface area contributed by atoms with Crippen LogP contribution in [0.25, 0.3) is 10.2 Å². The number of fused-ring (bicyclic) bond motifs is 1. The number of aromatic nitrogens is 2. The first kappa shape index (κ1) is 18.5. The van der Waals surface area contributed by atoms with Gasteiger partial charge in [-0.2, -0.15) is 0 Å². The van der Waals surface area contributed by atoms with E-state index in [2.05, 4.69) is 15.6 Å². The molecule has 1 aliphatic rings. The van der Waals surface area contributed by atoms with Crippen LogP contribution in [0.15, 0.2) is 32.7 Å². The van der Waals surface area contributed by atoms with Gasteiger partial charge in [-0.15, -0.1) is 11.3 Å². The number of ether oxygens (including phenoxy) is 1. The molecule has 0 unspecified atom stereocenters. The highest BCUT2D eigenvalue weighted by molar-refractivity contribution is 7.99. The number of nitrogens with one attached hydrogen (secondary N) is 2. The highest BCUT2D eigenvalue weighted by Gasteiger charge is 2.24. The second kappa shape index (κ2) is 7.92. The van der Waals surface area contributed by atoms with Crippen LogP contribution in [-0.4, -0.2) is 40.5 Å². The second-order valence-corrected chi connectivity index (χ2v) is 7.21. The molecule has 0 aromatic carbocycles. The molecule has 2 amide bonds. The third-order valence-corrected chi connectivity index (χ3v) is 5.66. The van der Waals surface area contributed by atoms with Gasteiger partial charge in [0.2, 0.25) is 0 Å². The Kier molecular flexibility index (Phi) is 5.62. The number of hydrogen-bond donors (Lipinski definition) is 2. The van der Waals surface area contributed by atoms with Gasteiger partial charge in [-0.25, -0.2) is 14.6 Å². The summed E-state index contributed by atoms with van der Waals surface area (Å²) in [4.78, 5) is 40.8.